The Balaban J connectivity index is 2.46. The van der Waals surface area contributed by atoms with Gasteiger partial charge in [0, 0.05) is 13.1 Å². The Hall–Kier alpha value is -2.08. The molecule has 3 N–H and O–H groups in total. The van der Waals surface area contributed by atoms with E-state index in [0.717, 1.165) is 5.56 Å². The zero-order chi connectivity index (χ0) is 13.4. The van der Waals surface area contributed by atoms with Crippen molar-refractivity contribution in [2.24, 2.45) is 5.73 Å². The Morgan fingerprint density at radius 2 is 2.06 bits per heavy atom. The fraction of sp³-hybridized carbons (Fsp3) is 0.333. The predicted octanol–water partition coefficient (Wildman–Crippen LogP) is 0.658. The molecule has 0 saturated carbocycles. The Morgan fingerprint density at radius 1 is 1.33 bits per heavy atom. The van der Waals surface area contributed by atoms with Gasteiger partial charge in [0.2, 0.25) is 0 Å². The third-order valence-corrected chi connectivity index (χ3v) is 2.26. The minimum Gasteiger partial charge on any atom is -0.465 e. The fourth-order valence-electron chi connectivity index (χ4n) is 1.43. The molecule has 0 aromatic heterocycles. The molecule has 0 aliphatic heterocycles. The van der Waals surface area contributed by atoms with Crippen LogP contribution < -0.4 is 11.1 Å². The molecule has 1 rings (SSSR count). The lowest BCUT2D eigenvalue weighted by Gasteiger charge is -2.09. The third-order valence-electron chi connectivity index (χ3n) is 2.26. The quantitative estimate of drug-likeness (QED) is 0.573. The van der Waals surface area contributed by atoms with E-state index in [-0.39, 0.29) is 12.6 Å². The molecule has 0 spiro atoms. The molecule has 0 bridgehead atoms. The molecule has 6 heteroatoms. The number of hydrogen-bond donors (Lipinski definition) is 2. The van der Waals surface area contributed by atoms with Gasteiger partial charge in [-0.25, -0.2) is 9.59 Å². The van der Waals surface area contributed by atoms with Crippen molar-refractivity contribution in [3.05, 3.63) is 35.4 Å². The van der Waals surface area contributed by atoms with Gasteiger partial charge in [-0.05, 0) is 11.6 Å². The average molecular weight is 252 g/mol. The van der Waals surface area contributed by atoms with Gasteiger partial charge in [0.1, 0.15) is 6.61 Å². The number of amides is 1. The standard InChI is InChI=1S/C12H16N2O4/c1-17-11(15)10-5-3-2-4-9(10)8-14-6-7-18-12(13)16/h2-5,14H,6-8H2,1H3,(H2,13,16). The van der Waals surface area contributed by atoms with Gasteiger partial charge in [-0.3, -0.25) is 0 Å². The van der Waals surface area contributed by atoms with Gasteiger partial charge >= 0.3 is 12.1 Å². The van der Waals surface area contributed by atoms with Crippen LogP contribution in [0.15, 0.2) is 24.3 Å². The van der Waals surface area contributed by atoms with E-state index >= 15 is 0 Å². The molecule has 0 fully saturated rings. The summed E-state index contributed by atoms with van der Waals surface area (Å²) in [5.41, 5.74) is 6.16. The summed E-state index contributed by atoms with van der Waals surface area (Å²) in [5, 5.41) is 3.04. The van der Waals surface area contributed by atoms with Crippen molar-refractivity contribution in [2.45, 2.75) is 6.54 Å². The molecule has 0 heterocycles. The molecule has 0 atom stereocenters. The van der Waals surface area contributed by atoms with Crippen molar-refractivity contribution in [1.29, 1.82) is 0 Å². The van der Waals surface area contributed by atoms with Gasteiger partial charge in [-0.1, -0.05) is 18.2 Å². The second-order valence-electron chi connectivity index (χ2n) is 3.49. The van der Waals surface area contributed by atoms with E-state index in [9.17, 15) is 9.59 Å². The van der Waals surface area contributed by atoms with Crippen LogP contribution in [0.1, 0.15) is 15.9 Å². The van der Waals surface area contributed by atoms with E-state index in [1.807, 2.05) is 12.1 Å². The zero-order valence-electron chi connectivity index (χ0n) is 10.1. The van der Waals surface area contributed by atoms with Crippen LogP contribution in [0.4, 0.5) is 4.79 Å². The maximum atomic E-state index is 11.5. The minimum absolute atomic E-state index is 0.190. The molecule has 0 radical (unpaired) electrons. The van der Waals surface area contributed by atoms with E-state index in [1.54, 1.807) is 12.1 Å². The summed E-state index contributed by atoms with van der Waals surface area (Å²) in [6.07, 6.45) is -0.799. The Bertz CT molecular complexity index is 420. The number of benzene rings is 1. The lowest BCUT2D eigenvalue weighted by molar-refractivity contribution is 0.0599. The van der Waals surface area contributed by atoms with Crippen LogP contribution in [-0.2, 0) is 16.0 Å². The van der Waals surface area contributed by atoms with Gasteiger partial charge in [0.15, 0.2) is 0 Å². The first kappa shape index (κ1) is 14.0. The largest absolute Gasteiger partial charge is 0.465 e. The number of rotatable bonds is 6. The third kappa shape index (κ3) is 4.42. The summed E-state index contributed by atoms with van der Waals surface area (Å²) < 4.78 is 9.25. The molecule has 0 aliphatic carbocycles. The highest BCUT2D eigenvalue weighted by molar-refractivity contribution is 5.90. The number of primary amides is 1. The smallest absolute Gasteiger partial charge is 0.404 e. The maximum absolute atomic E-state index is 11.5. The highest BCUT2D eigenvalue weighted by Crippen LogP contribution is 2.09. The first-order valence-electron chi connectivity index (χ1n) is 5.44. The average Bonchev–Trinajstić information content (AvgIpc) is 2.37. The molecule has 1 aromatic rings. The molecule has 18 heavy (non-hydrogen) atoms. The summed E-state index contributed by atoms with van der Waals surface area (Å²) >= 11 is 0. The number of methoxy groups -OCH3 is 1. The van der Waals surface area contributed by atoms with E-state index in [0.29, 0.717) is 18.7 Å². The molecular formula is C12H16N2O4. The predicted molar refractivity (Wildman–Crippen MR) is 65.0 cm³/mol. The van der Waals surface area contributed by atoms with E-state index in [2.05, 4.69) is 14.8 Å². The van der Waals surface area contributed by atoms with Crippen molar-refractivity contribution in [2.75, 3.05) is 20.3 Å². The molecule has 0 unspecified atom stereocenters. The topological polar surface area (TPSA) is 90.7 Å². The van der Waals surface area contributed by atoms with Gasteiger partial charge in [0.25, 0.3) is 0 Å². The van der Waals surface area contributed by atoms with Crippen LogP contribution in [0.25, 0.3) is 0 Å². The van der Waals surface area contributed by atoms with Crippen molar-refractivity contribution in [1.82, 2.24) is 5.32 Å². The lowest BCUT2D eigenvalue weighted by Crippen LogP contribution is -2.24. The summed E-state index contributed by atoms with van der Waals surface area (Å²) in [4.78, 5) is 21.8. The minimum atomic E-state index is -0.799. The summed E-state index contributed by atoms with van der Waals surface area (Å²) in [7, 11) is 1.34. The zero-order valence-corrected chi connectivity index (χ0v) is 10.1. The van der Waals surface area contributed by atoms with Crippen LogP contribution in [0, 0.1) is 0 Å². The monoisotopic (exact) mass is 252 g/mol. The Kier molecular flexibility index (Phi) is 5.66. The highest BCUT2D eigenvalue weighted by Gasteiger charge is 2.09. The molecule has 0 aliphatic rings. The van der Waals surface area contributed by atoms with Crippen LogP contribution in [0.5, 0.6) is 0 Å². The number of hydrogen-bond acceptors (Lipinski definition) is 5. The van der Waals surface area contributed by atoms with E-state index in [4.69, 9.17) is 5.73 Å². The lowest BCUT2D eigenvalue weighted by atomic mass is 10.1. The fourth-order valence-corrected chi connectivity index (χ4v) is 1.43. The molecule has 1 aromatic carbocycles. The van der Waals surface area contributed by atoms with Crippen LogP contribution >= 0.6 is 0 Å². The normalized spacial score (nSPS) is 9.83. The Labute approximate surface area is 105 Å². The van der Waals surface area contributed by atoms with Crippen molar-refractivity contribution >= 4 is 12.1 Å². The van der Waals surface area contributed by atoms with E-state index in [1.165, 1.54) is 7.11 Å². The number of ether oxygens (including phenoxy) is 2. The SMILES string of the molecule is COC(=O)c1ccccc1CNCCOC(N)=O. The molecule has 0 saturated heterocycles. The number of esters is 1. The second kappa shape index (κ2) is 7.29. The second-order valence-corrected chi connectivity index (χ2v) is 3.49. The van der Waals surface area contributed by atoms with Crippen LogP contribution in [0.3, 0.4) is 0 Å². The molecule has 1 amide bonds. The van der Waals surface area contributed by atoms with Gasteiger partial charge < -0.3 is 20.5 Å². The first-order chi connectivity index (χ1) is 8.65. The first-order valence-corrected chi connectivity index (χ1v) is 5.44. The summed E-state index contributed by atoms with van der Waals surface area (Å²) in [6.45, 7) is 1.13. The van der Waals surface area contributed by atoms with Crippen LogP contribution in [-0.4, -0.2) is 32.3 Å². The number of nitrogens with one attached hydrogen (secondary N) is 1. The summed E-state index contributed by atoms with van der Waals surface area (Å²) in [5.74, 6) is -0.374. The summed E-state index contributed by atoms with van der Waals surface area (Å²) in [6, 6.07) is 7.13. The molecule has 98 valence electrons. The Morgan fingerprint density at radius 3 is 2.72 bits per heavy atom. The van der Waals surface area contributed by atoms with Gasteiger partial charge in [-0.2, -0.15) is 0 Å². The molecular weight excluding hydrogens is 236 g/mol. The number of nitrogens with two attached hydrogens (primary N) is 1. The van der Waals surface area contributed by atoms with Crippen molar-refractivity contribution in [3.8, 4) is 0 Å². The number of carbonyl (C=O) groups excluding carboxylic acids is 2. The maximum Gasteiger partial charge on any atom is 0.404 e. The van der Waals surface area contributed by atoms with E-state index < -0.39 is 6.09 Å². The molecule has 6 nitrogen and oxygen atoms in total. The van der Waals surface area contributed by atoms with Gasteiger partial charge in [-0.15, -0.1) is 0 Å². The number of carbonyl (C=O) groups is 2. The van der Waals surface area contributed by atoms with Crippen LogP contribution in [0.2, 0.25) is 0 Å². The van der Waals surface area contributed by atoms with Crippen molar-refractivity contribution in [3.63, 3.8) is 0 Å². The van der Waals surface area contributed by atoms with Crippen molar-refractivity contribution < 1.29 is 19.1 Å². The highest BCUT2D eigenvalue weighted by atomic mass is 16.5. The van der Waals surface area contributed by atoms with Gasteiger partial charge in [0.05, 0.1) is 12.7 Å².